The van der Waals surface area contributed by atoms with Gasteiger partial charge in [0.2, 0.25) is 0 Å². The van der Waals surface area contributed by atoms with E-state index < -0.39 is 0 Å². The molecule has 11 rings (SSSR count). The van der Waals surface area contributed by atoms with Crippen LogP contribution in [0.5, 0.6) is 0 Å². The number of benzene rings is 9. The van der Waals surface area contributed by atoms with Gasteiger partial charge in [0, 0.05) is 31.7 Å². The van der Waals surface area contributed by atoms with Crippen LogP contribution in [0.2, 0.25) is 0 Å². The molecule has 2 heteroatoms. The Balaban J connectivity index is 1.12. The Morgan fingerprint density at radius 2 is 0.946 bits per heavy atom. The van der Waals surface area contributed by atoms with E-state index in [1.165, 1.54) is 91.9 Å². The predicted octanol–water partition coefficient (Wildman–Crippen LogP) is 15.8. The van der Waals surface area contributed by atoms with Gasteiger partial charge in [0.1, 0.15) is 0 Å². The fourth-order valence-corrected chi connectivity index (χ4v) is 10.3. The number of fused-ring (bicyclic) bond motifs is 6. The number of allylic oxidation sites excluding steroid dienone is 1. The average molecular weight is 732 g/mol. The Morgan fingerprint density at radius 3 is 1.64 bits per heavy atom. The predicted molar refractivity (Wildman–Crippen MR) is 243 cm³/mol. The van der Waals surface area contributed by atoms with E-state index in [1.807, 2.05) is 11.3 Å². The lowest BCUT2D eigenvalue weighted by atomic mass is 9.90. The molecule has 0 radical (unpaired) electrons. The molecule has 0 unspecified atom stereocenters. The van der Waals surface area contributed by atoms with Crippen molar-refractivity contribution in [3.63, 3.8) is 0 Å². The molecule has 10 aromatic rings. The highest BCUT2D eigenvalue weighted by Gasteiger charge is 2.23. The number of thiophene rings is 1. The Kier molecular flexibility index (Phi) is 7.89. The molecule has 0 spiro atoms. The summed E-state index contributed by atoms with van der Waals surface area (Å²) < 4.78 is 1.38. The summed E-state index contributed by atoms with van der Waals surface area (Å²) in [5.74, 6) is 0. The lowest BCUT2D eigenvalue weighted by Gasteiger charge is -2.30. The molecular weight excluding hydrogens is 695 g/mol. The number of rotatable bonds is 6. The summed E-state index contributed by atoms with van der Waals surface area (Å²) in [6.45, 7) is 0. The summed E-state index contributed by atoms with van der Waals surface area (Å²) in [7, 11) is 0. The summed E-state index contributed by atoms with van der Waals surface area (Å²) in [5, 5.41) is 8.83. The van der Waals surface area contributed by atoms with Gasteiger partial charge < -0.3 is 4.90 Å². The molecule has 0 amide bonds. The molecule has 0 fully saturated rings. The minimum absolute atomic E-state index is 1.12. The first-order valence-electron chi connectivity index (χ1n) is 19.5. The van der Waals surface area contributed by atoms with Crippen molar-refractivity contribution in [2.24, 2.45) is 0 Å². The molecule has 0 saturated carbocycles. The van der Waals surface area contributed by atoms with Crippen molar-refractivity contribution in [1.82, 2.24) is 0 Å². The maximum absolute atomic E-state index is 2.48. The normalized spacial score (nSPS) is 12.4. The number of anilines is 3. The summed E-state index contributed by atoms with van der Waals surface area (Å²) in [4.78, 5) is 3.89. The van der Waals surface area contributed by atoms with Crippen molar-refractivity contribution in [3.05, 3.63) is 205 Å². The van der Waals surface area contributed by atoms with Gasteiger partial charge in [0.05, 0.1) is 5.69 Å². The minimum atomic E-state index is 1.12. The molecule has 0 atom stereocenters. The highest BCUT2D eigenvalue weighted by molar-refractivity contribution is 7.20. The second kappa shape index (κ2) is 13.5. The van der Waals surface area contributed by atoms with E-state index in [0.717, 1.165) is 24.2 Å². The maximum atomic E-state index is 2.48. The van der Waals surface area contributed by atoms with Crippen LogP contribution in [-0.2, 0) is 6.42 Å². The second-order valence-corrected chi connectivity index (χ2v) is 15.8. The molecule has 1 heterocycles. The zero-order valence-corrected chi connectivity index (χ0v) is 31.6. The van der Waals surface area contributed by atoms with E-state index in [0.29, 0.717) is 0 Å². The lowest BCUT2D eigenvalue weighted by Crippen LogP contribution is -2.11. The van der Waals surface area contributed by atoms with E-state index in [-0.39, 0.29) is 0 Å². The van der Waals surface area contributed by atoms with Crippen LogP contribution in [0.25, 0.3) is 81.9 Å². The Labute approximate surface area is 331 Å². The first-order valence-corrected chi connectivity index (χ1v) is 20.3. The molecule has 1 aliphatic carbocycles. The number of aryl methyl sites for hydroxylation is 1. The van der Waals surface area contributed by atoms with Crippen molar-refractivity contribution >= 4 is 76.9 Å². The minimum Gasteiger partial charge on any atom is -0.309 e. The zero-order valence-electron chi connectivity index (χ0n) is 30.8. The SMILES string of the molecule is C1=Cc2sc3c(-c4ccc(N(c5ccc(-c6cccc7ccccc67)cc5)c5c6ccccc6c(-c6ccccc6)c6ccccc56)cc4)cccc3c2CC1. The van der Waals surface area contributed by atoms with Gasteiger partial charge in [0.25, 0.3) is 0 Å². The van der Waals surface area contributed by atoms with Crippen LogP contribution in [0, 0.1) is 0 Å². The molecule has 0 bridgehead atoms. The number of hydrogen-bond acceptors (Lipinski definition) is 2. The molecule has 1 aromatic heterocycles. The number of hydrogen-bond donors (Lipinski definition) is 0. The Hall–Kier alpha value is -6.74. The van der Waals surface area contributed by atoms with E-state index >= 15 is 0 Å². The first-order chi connectivity index (χ1) is 27.8. The highest BCUT2D eigenvalue weighted by atomic mass is 32.1. The molecule has 0 N–H and O–H groups in total. The van der Waals surface area contributed by atoms with Crippen LogP contribution >= 0.6 is 11.3 Å². The molecule has 56 heavy (non-hydrogen) atoms. The van der Waals surface area contributed by atoms with Crippen LogP contribution < -0.4 is 4.90 Å². The largest absolute Gasteiger partial charge is 0.309 e. The van der Waals surface area contributed by atoms with Crippen LogP contribution in [0.15, 0.2) is 194 Å². The Bertz CT molecular complexity index is 3050. The standard InChI is InChI=1S/C54H37NS/c1-2-15-39(16-3-1)52-46-20-6-8-22-48(46)53(49-23-9-7-21-47(49)52)55(40-32-28-37(29-33-40)43-24-12-17-36-14-4-5-18-42(36)43)41-34-30-38(31-35-41)44-25-13-26-50-45-19-10-11-27-51(45)56-54(44)50/h1-9,11-18,20-35H,10,19H2. The smallest absolute Gasteiger partial charge is 0.0618 e. The van der Waals surface area contributed by atoms with E-state index in [2.05, 4.69) is 205 Å². The van der Waals surface area contributed by atoms with Crippen molar-refractivity contribution in [2.45, 2.75) is 12.8 Å². The topological polar surface area (TPSA) is 3.24 Å². The van der Waals surface area contributed by atoms with Crippen LogP contribution in [0.1, 0.15) is 16.9 Å². The highest BCUT2D eigenvalue weighted by Crippen LogP contribution is 2.49. The maximum Gasteiger partial charge on any atom is 0.0618 e. The van der Waals surface area contributed by atoms with Gasteiger partial charge >= 0.3 is 0 Å². The molecule has 264 valence electrons. The second-order valence-electron chi connectivity index (χ2n) is 14.7. The molecule has 1 aliphatic rings. The van der Waals surface area contributed by atoms with Crippen molar-refractivity contribution in [2.75, 3.05) is 4.90 Å². The lowest BCUT2D eigenvalue weighted by molar-refractivity contribution is 1.01. The van der Waals surface area contributed by atoms with E-state index in [1.54, 1.807) is 0 Å². The fourth-order valence-electron chi connectivity index (χ4n) is 8.95. The average Bonchev–Trinajstić information content (AvgIpc) is 3.66. The summed E-state index contributed by atoms with van der Waals surface area (Å²) in [6, 6.07) is 69.2. The summed E-state index contributed by atoms with van der Waals surface area (Å²) >= 11 is 1.93. The molecular formula is C54H37NS. The molecule has 0 saturated heterocycles. The van der Waals surface area contributed by atoms with Gasteiger partial charge in [-0.05, 0) is 109 Å². The summed E-state index contributed by atoms with van der Waals surface area (Å²) in [5.41, 5.74) is 12.4. The van der Waals surface area contributed by atoms with Crippen LogP contribution in [0.3, 0.4) is 0 Å². The van der Waals surface area contributed by atoms with Gasteiger partial charge in [-0.2, -0.15) is 0 Å². The van der Waals surface area contributed by atoms with Crippen molar-refractivity contribution in [1.29, 1.82) is 0 Å². The van der Waals surface area contributed by atoms with Crippen molar-refractivity contribution in [3.8, 4) is 33.4 Å². The van der Waals surface area contributed by atoms with Gasteiger partial charge in [-0.25, -0.2) is 0 Å². The van der Waals surface area contributed by atoms with Gasteiger partial charge in [-0.3, -0.25) is 0 Å². The third kappa shape index (κ3) is 5.37. The third-order valence-corrected chi connectivity index (χ3v) is 12.8. The number of nitrogens with zero attached hydrogens (tertiary/aromatic N) is 1. The Morgan fingerprint density at radius 1 is 0.411 bits per heavy atom. The third-order valence-electron chi connectivity index (χ3n) is 11.5. The van der Waals surface area contributed by atoms with Gasteiger partial charge in [0.15, 0.2) is 0 Å². The molecule has 9 aromatic carbocycles. The van der Waals surface area contributed by atoms with E-state index in [9.17, 15) is 0 Å². The van der Waals surface area contributed by atoms with E-state index in [4.69, 9.17) is 0 Å². The van der Waals surface area contributed by atoms with Crippen molar-refractivity contribution < 1.29 is 0 Å². The fraction of sp³-hybridized carbons (Fsp3) is 0.0370. The molecule has 1 nitrogen and oxygen atoms in total. The van der Waals surface area contributed by atoms with Gasteiger partial charge in [-0.15, -0.1) is 11.3 Å². The first kappa shape index (κ1) is 32.7. The van der Waals surface area contributed by atoms with Crippen LogP contribution in [-0.4, -0.2) is 0 Å². The zero-order chi connectivity index (χ0) is 37.0. The van der Waals surface area contributed by atoms with Gasteiger partial charge in [-0.1, -0.05) is 170 Å². The molecule has 0 aliphatic heterocycles. The monoisotopic (exact) mass is 731 g/mol. The quantitative estimate of drug-likeness (QED) is 0.154. The van der Waals surface area contributed by atoms with Crippen LogP contribution in [0.4, 0.5) is 17.1 Å². The summed E-state index contributed by atoms with van der Waals surface area (Å²) in [6.07, 6.45) is 6.87.